The zero-order valence-electron chi connectivity index (χ0n) is 10.1. The van der Waals surface area contributed by atoms with E-state index in [9.17, 15) is 4.79 Å². The van der Waals surface area contributed by atoms with Gasteiger partial charge in [-0.15, -0.1) is 11.6 Å². The van der Waals surface area contributed by atoms with Crippen LogP contribution >= 0.6 is 11.6 Å². The van der Waals surface area contributed by atoms with E-state index in [1.165, 1.54) is 0 Å². The Hall–Kier alpha value is -1.03. The first-order chi connectivity index (χ1) is 7.38. The monoisotopic (exact) mass is 243 g/mol. The maximum Gasteiger partial charge on any atom is 0.232 e. The predicted molar refractivity (Wildman–Crippen MR) is 65.7 cm³/mol. The number of carbonyl (C=O) groups excluding carboxylic acids is 1. The summed E-state index contributed by atoms with van der Waals surface area (Å²) in [6.45, 7) is 7.64. The summed E-state index contributed by atoms with van der Waals surface area (Å²) in [5.41, 5.74) is -0.576. The molecule has 0 aliphatic carbocycles. The Labute approximate surface area is 101 Å². The lowest BCUT2D eigenvalue weighted by Crippen LogP contribution is -2.33. The average molecular weight is 244 g/mol. The van der Waals surface area contributed by atoms with E-state index in [1.54, 1.807) is 16.9 Å². The van der Waals surface area contributed by atoms with Crippen molar-refractivity contribution in [3.63, 3.8) is 0 Å². The lowest BCUT2D eigenvalue weighted by atomic mass is 9.95. The molecule has 0 spiro atoms. The first-order valence-corrected chi connectivity index (χ1v) is 5.83. The number of hydrogen-bond donors (Lipinski definition) is 1. The van der Waals surface area contributed by atoms with Crippen LogP contribution in [0.3, 0.4) is 0 Å². The van der Waals surface area contributed by atoms with Crippen molar-refractivity contribution in [3.05, 3.63) is 12.3 Å². The molecule has 0 aliphatic heterocycles. The molecule has 0 aliphatic rings. The highest BCUT2D eigenvalue weighted by atomic mass is 35.5. The second-order valence-corrected chi connectivity index (χ2v) is 4.99. The lowest BCUT2D eigenvalue weighted by Gasteiger charge is -2.21. The summed E-state index contributed by atoms with van der Waals surface area (Å²) < 4.78 is 1.77. The number of halogens is 1. The molecule has 0 fully saturated rings. The van der Waals surface area contributed by atoms with Crippen LogP contribution in [-0.2, 0) is 4.79 Å². The Morgan fingerprint density at radius 3 is 2.75 bits per heavy atom. The fourth-order valence-corrected chi connectivity index (χ4v) is 1.29. The van der Waals surface area contributed by atoms with Gasteiger partial charge in [-0.3, -0.25) is 4.79 Å². The highest BCUT2D eigenvalue weighted by Gasteiger charge is 2.27. The van der Waals surface area contributed by atoms with Crippen LogP contribution in [0.1, 0.15) is 33.7 Å². The van der Waals surface area contributed by atoms with E-state index in [0.717, 1.165) is 0 Å². The summed E-state index contributed by atoms with van der Waals surface area (Å²) in [6.07, 6.45) is 1.67. The summed E-state index contributed by atoms with van der Waals surface area (Å²) in [4.78, 5) is 11.9. The highest BCUT2D eigenvalue weighted by Crippen LogP contribution is 2.21. The maximum absolute atomic E-state index is 11.9. The molecule has 1 amide bonds. The van der Waals surface area contributed by atoms with Crippen LogP contribution in [0.25, 0.3) is 0 Å². The minimum atomic E-state index is -0.576. The van der Waals surface area contributed by atoms with Gasteiger partial charge in [0.05, 0.1) is 11.6 Å². The van der Waals surface area contributed by atoms with Gasteiger partial charge in [0.15, 0.2) is 0 Å². The number of amides is 1. The molecule has 1 aromatic rings. The van der Waals surface area contributed by atoms with Gasteiger partial charge in [-0.05, 0) is 27.7 Å². The fourth-order valence-electron chi connectivity index (χ4n) is 1.17. The molecule has 0 radical (unpaired) electrons. The van der Waals surface area contributed by atoms with Gasteiger partial charge in [0.25, 0.3) is 0 Å². The number of carbonyl (C=O) groups is 1. The second kappa shape index (κ2) is 4.87. The van der Waals surface area contributed by atoms with Gasteiger partial charge in [-0.25, -0.2) is 4.68 Å². The maximum atomic E-state index is 11.9. The summed E-state index contributed by atoms with van der Waals surface area (Å²) in [5, 5.41) is 6.99. The fraction of sp³-hybridized carbons (Fsp3) is 0.636. The van der Waals surface area contributed by atoms with Gasteiger partial charge in [-0.1, -0.05) is 0 Å². The van der Waals surface area contributed by atoms with Gasteiger partial charge in [0.1, 0.15) is 5.82 Å². The minimum absolute atomic E-state index is 0.0927. The quantitative estimate of drug-likeness (QED) is 0.827. The molecule has 0 saturated heterocycles. The van der Waals surface area contributed by atoms with Crippen LogP contribution in [0.15, 0.2) is 12.3 Å². The number of hydrogen-bond acceptors (Lipinski definition) is 2. The van der Waals surface area contributed by atoms with E-state index in [-0.39, 0.29) is 17.8 Å². The van der Waals surface area contributed by atoms with Gasteiger partial charge < -0.3 is 5.32 Å². The van der Waals surface area contributed by atoms with E-state index >= 15 is 0 Å². The molecule has 0 unspecified atom stereocenters. The zero-order valence-corrected chi connectivity index (χ0v) is 10.9. The minimum Gasteiger partial charge on any atom is -0.310 e. The molecule has 0 saturated carbocycles. The predicted octanol–water partition coefficient (Wildman–Crippen LogP) is 2.67. The molecule has 1 N–H and O–H groups in total. The van der Waals surface area contributed by atoms with E-state index in [1.807, 2.05) is 27.7 Å². The van der Waals surface area contributed by atoms with Gasteiger partial charge in [0.2, 0.25) is 5.91 Å². The van der Waals surface area contributed by atoms with Crippen molar-refractivity contribution >= 4 is 23.3 Å². The van der Waals surface area contributed by atoms with Crippen molar-refractivity contribution in [1.82, 2.24) is 9.78 Å². The van der Waals surface area contributed by atoms with Crippen molar-refractivity contribution in [2.75, 3.05) is 11.2 Å². The number of aromatic nitrogens is 2. The molecule has 0 bridgehead atoms. The third-order valence-electron chi connectivity index (χ3n) is 2.35. The van der Waals surface area contributed by atoms with E-state index in [0.29, 0.717) is 5.82 Å². The van der Waals surface area contributed by atoms with Crippen molar-refractivity contribution < 1.29 is 4.79 Å². The Balaban J connectivity index is 2.81. The first-order valence-electron chi connectivity index (χ1n) is 5.29. The van der Waals surface area contributed by atoms with E-state index in [4.69, 9.17) is 11.6 Å². The molecule has 16 heavy (non-hydrogen) atoms. The smallest absolute Gasteiger partial charge is 0.232 e. The van der Waals surface area contributed by atoms with Crippen molar-refractivity contribution in [2.24, 2.45) is 5.41 Å². The Morgan fingerprint density at radius 1 is 1.62 bits per heavy atom. The SMILES string of the molecule is CC(C)n1nccc1NC(=O)C(C)(C)CCl. The third kappa shape index (κ3) is 2.76. The highest BCUT2D eigenvalue weighted by molar-refractivity contribution is 6.20. The van der Waals surface area contributed by atoms with Crippen LogP contribution in [-0.4, -0.2) is 21.6 Å². The van der Waals surface area contributed by atoms with Gasteiger partial charge in [-0.2, -0.15) is 5.10 Å². The molecule has 0 atom stereocenters. The van der Waals surface area contributed by atoms with E-state index in [2.05, 4.69) is 10.4 Å². The third-order valence-corrected chi connectivity index (χ3v) is 3.02. The van der Waals surface area contributed by atoms with Crippen LogP contribution < -0.4 is 5.32 Å². The van der Waals surface area contributed by atoms with Crippen molar-refractivity contribution in [2.45, 2.75) is 33.7 Å². The number of rotatable bonds is 4. The summed E-state index contributed by atoms with van der Waals surface area (Å²) >= 11 is 5.75. The Bertz CT molecular complexity index is 371. The number of nitrogens with one attached hydrogen (secondary N) is 1. The first kappa shape index (κ1) is 13.0. The molecular weight excluding hydrogens is 226 g/mol. The average Bonchev–Trinajstić information content (AvgIpc) is 2.65. The number of anilines is 1. The topological polar surface area (TPSA) is 46.9 Å². The molecule has 1 aromatic heterocycles. The molecular formula is C11H18ClN3O. The Kier molecular flexibility index (Phi) is 3.97. The number of alkyl halides is 1. The molecule has 0 aromatic carbocycles. The molecule has 5 heteroatoms. The normalized spacial score (nSPS) is 11.9. The lowest BCUT2D eigenvalue weighted by molar-refractivity contribution is -0.123. The standard InChI is InChI=1S/C11H18ClN3O/c1-8(2)15-9(5-6-13-15)14-10(16)11(3,4)7-12/h5-6,8H,7H2,1-4H3,(H,14,16). The van der Waals surface area contributed by atoms with E-state index < -0.39 is 5.41 Å². The molecule has 4 nitrogen and oxygen atoms in total. The molecule has 90 valence electrons. The largest absolute Gasteiger partial charge is 0.310 e. The molecule has 1 heterocycles. The second-order valence-electron chi connectivity index (χ2n) is 4.73. The number of nitrogens with zero attached hydrogens (tertiary/aromatic N) is 2. The van der Waals surface area contributed by atoms with Crippen LogP contribution in [0.2, 0.25) is 0 Å². The van der Waals surface area contributed by atoms with Crippen molar-refractivity contribution in [3.8, 4) is 0 Å². The molecule has 1 rings (SSSR count). The van der Waals surface area contributed by atoms with Gasteiger partial charge in [0, 0.05) is 18.0 Å². The van der Waals surface area contributed by atoms with Crippen LogP contribution in [0.5, 0.6) is 0 Å². The van der Waals surface area contributed by atoms with Gasteiger partial charge >= 0.3 is 0 Å². The van der Waals surface area contributed by atoms with Crippen molar-refractivity contribution in [1.29, 1.82) is 0 Å². The zero-order chi connectivity index (χ0) is 12.3. The van der Waals surface area contributed by atoms with Crippen LogP contribution in [0.4, 0.5) is 5.82 Å². The summed E-state index contributed by atoms with van der Waals surface area (Å²) in [5.74, 6) is 0.900. The van der Waals surface area contributed by atoms with Crippen LogP contribution in [0, 0.1) is 5.41 Å². The Morgan fingerprint density at radius 2 is 2.25 bits per heavy atom. The summed E-state index contributed by atoms with van der Waals surface area (Å²) in [7, 11) is 0. The summed E-state index contributed by atoms with van der Waals surface area (Å²) in [6, 6.07) is 1.99.